The average Bonchev–Trinajstić information content (AvgIpc) is 2.93. The fourth-order valence-electron chi connectivity index (χ4n) is 2.66. The van der Waals surface area contributed by atoms with E-state index in [9.17, 15) is 4.79 Å². The first-order chi connectivity index (χ1) is 11.0. The van der Waals surface area contributed by atoms with Gasteiger partial charge in [0.25, 0.3) is 0 Å². The second-order valence-corrected chi connectivity index (χ2v) is 7.73. The summed E-state index contributed by atoms with van der Waals surface area (Å²) in [4.78, 5) is 18.0. The van der Waals surface area contributed by atoms with Gasteiger partial charge in [-0.3, -0.25) is 4.79 Å². The van der Waals surface area contributed by atoms with Crippen LogP contribution >= 0.6 is 22.9 Å². The van der Waals surface area contributed by atoms with Crippen molar-refractivity contribution in [2.24, 2.45) is 5.92 Å². The van der Waals surface area contributed by atoms with Crippen LogP contribution < -0.4 is 10.6 Å². The summed E-state index contributed by atoms with van der Waals surface area (Å²) in [6.45, 7) is 5.13. The van der Waals surface area contributed by atoms with Gasteiger partial charge in [-0.1, -0.05) is 31.9 Å². The van der Waals surface area contributed by atoms with E-state index in [2.05, 4.69) is 29.5 Å². The van der Waals surface area contributed by atoms with Crippen LogP contribution in [0.5, 0.6) is 0 Å². The van der Waals surface area contributed by atoms with Crippen LogP contribution in [0.4, 0.5) is 0 Å². The molecule has 1 aliphatic carbocycles. The lowest BCUT2D eigenvalue weighted by Crippen LogP contribution is -2.45. The van der Waals surface area contributed by atoms with Gasteiger partial charge in [0.15, 0.2) is 0 Å². The molecular weight excluding hydrogens is 330 g/mol. The summed E-state index contributed by atoms with van der Waals surface area (Å²) in [7, 11) is 1.92. The number of rotatable bonds is 8. The third kappa shape index (κ3) is 5.30. The molecule has 4 nitrogen and oxygen atoms in total. The van der Waals surface area contributed by atoms with Gasteiger partial charge in [-0.25, -0.2) is 4.98 Å². The fraction of sp³-hybridized carbons (Fsp3) is 0.647. The largest absolute Gasteiger partial charge is 0.352 e. The highest BCUT2D eigenvalue weighted by Gasteiger charge is 2.19. The van der Waals surface area contributed by atoms with E-state index in [0.717, 1.165) is 46.4 Å². The molecule has 1 heterocycles. The Kier molecular flexibility index (Phi) is 7.06. The molecule has 1 amide bonds. The lowest BCUT2D eigenvalue weighted by Gasteiger charge is -2.24. The van der Waals surface area contributed by atoms with Gasteiger partial charge in [-0.2, -0.15) is 0 Å². The van der Waals surface area contributed by atoms with E-state index in [-0.39, 0.29) is 11.9 Å². The van der Waals surface area contributed by atoms with Crippen LogP contribution in [-0.2, 0) is 17.6 Å². The number of nitrogens with one attached hydrogen (secondary N) is 2. The molecule has 2 atom stereocenters. The van der Waals surface area contributed by atoms with Gasteiger partial charge >= 0.3 is 0 Å². The number of likely N-dealkylation sites (N-methyl/N-ethyl adjacent to an activating group) is 1. The number of hydrogen-bond acceptors (Lipinski definition) is 4. The number of nitrogens with zero attached hydrogens (tertiary/aromatic N) is 1. The molecule has 2 rings (SSSR count). The monoisotopic (exact) mass is 355 g/mol. The Balaban J connectivity index is 1.87. The number of aryl methyl sites for hydroxylation is 2. The standard InChI is InChI=1S/C17H26ClN3OS/c1-4-11(2)14(10-19-3)20-16(22)7-8-17-21-13-6-5-12(18)9-15(13)23-17/h9,11,14,19H,4-8,10H2,1-3H3,(H,20,22). The zero-order valence-corrected chi connectivity index (χ0v) is 15.7. The zero-order chi connectivity index (χ0) is 16.8. The summed E-state index contributed by atoms with van der Waals surface area (Å²) >= 11 is 7.74. The number of carbonyl (C=O) groups is 1. The molecule has 0 aromatic carbocycles. The van der Waals surface area contributed by atoms with Crippen LogP contribution in [-0.4, -0.2) is 30.5 Å². The summed E-state index contributed by atoms with van der Waals surface area (Å²) in [5.74, 6) is 0.568. The molecule has 0 aliphatic heterocycles. The fourth-order valence-corrected chi connectivity index (χ4v) is 4.01. The van der Waals surface area contributed by atoms with Gasteiger partial charge < -0.3 is 10.6 Å². The number of fused-ring (bicyclic) bond motifs is 1. The minimum absolute atomic E-state index is 0.104. The molecule has 128 valence electrons. The predicted molar refractivity (Wildman–Crippen MR) is 97.9 cm³/mol. The lowest BCUT2D eigenvalue weighted by atomic mass is 9.99. The molecule has 0 radical (unpaired) electrons. The van der Waals surface area contributed by atoms with Crippen molar-refractivity contribution in [3.63, 3.8) is 0 Å². The summed E-state index contributed by atoms with van der Waals surface area (Å²) in [5, 5.41) is 8.23. The highest BCUT2D eigenvalue weighted by Crippen LogP contribution is 2.30. The molecule has 0 bridgehead atoms. The first-order valence-corrected chi connectivity index (χ1v) is 9.51. The number of carbonyl (C=O) groups excluding carboxylic acids is 1. The molecule has 0 spiro atoms. The molecule has 6 heteroatoms. The highest BCUT2D eigenvalue weighted by atomic mass is 35.5. The maximum absolute atomic E-state index is 12.2. The van der Waals surface area contributed by atoms with Crippen LogP contribution in [0.15, 0.2) is 5.03 Å². The van der Waals surface area contributed by atoms with Crippen molar-refractivity contribution in [3.05, 3.63) is 20.6 Å². The van der Waals surface area contributed by atoms with Gasteiger partial charge in [-0.05, 0) is 31.9 Å². The van der Waals surface area contributed by atoms with Crippen LogP contribution in [0.2, 0.25) is 0 Å². The Labute approximate surface area is 147 Å². The van der Waals surface area contributed by atoms with Gasteiger partial charge in [0, 0.05) is 30.5 Å². The number of thiazole rings is 1. The third-order valence-corrected chi connectivity index (χ3v) is 5.73. The lowest BCUT2D eigenvalue weighted by molar-refractivity contribution is -0.122. The Bertz CT molecular complexity index is 570. The van der Waals surface area contributed by atoms with E-state index in [1.165, 1.54) is 0 Å². The molecule has 1 aromatic heterocycles. The topological polar surface area (TPSA) is 54.0 Å². The molecule has 2 unspecified atom stereocenters. The minimum Gasteiger partial charge on any atom is -0.352 e. The second kappa shape index (κ2) is 8.81. The van der Waals surface area contributed by atoms with E-state index in [0.29, 0.717) is 18.8 Å². The van der Waals surface area contributed by atoms with Gasteiger partial charge in [0.2, 0.25) is 5.91 Å². The summed E-state index contributed by atoms with van der Waals surface area (Å²) in [5.41, 5.74) is 1.13. The maximum atomic E-state index is 12.2. The van der Waals surface area contributed by atoms with Gasteiger partial charge in [-0.15, -0.1) is 11.3 Å². The quantitative estimate of drug-likeness (QED) is 0.751. The molecule has 1 aromatic rings. The van der Waals surface area contributed by atoms with Crippen molar-refractivity contribution in [2.45, 2.75) is 52.0 Å². The van der Waals surface area contributed by atoms with Crippen molar-refractivity contribution in [1.82, 2.24) is 15.6 Å². The SMILES string of the molecule is CCC(C)C(CNC)NC(=O)CCc1nc2c(s1)C=C(Cl)CC2. The Morgan fingerprint density at radius 3 is 2.96 bits per heavy atom. The van der Waals surface area contributed by atoms with E-state index < -0.39 is 0 Å². The van der Waals surface area contributed by atoms with Crippen molar-refractivity contribution < 1.29 is 4.79 Å². The zero-order valence-electron chi connectivity index (χ0n) is 14.1. The Hall–Kier alpha value is -0.910. The van der Waals surface area contributed by atoms with Crippen LogP contribution in [0, 0.1) is 5.92 Å². The van der Waals surface area contributed by atoms with E-state index >= 15 is 0 Å². The number of aromatic nitrogens is 1. The molecule has 1 aliphatic rings. The van der Waals surface area contributed by atoms with Crippen molar-refractivity contribution in [3.8, 4) is 0 Å². The number of hydrogen-bond donors (Lipinski definition) is 2. The van der Waals surface area contributed by atoms with Gasteiger partial charge in [0.05, 0.1) is 15.6 Å². The molecule has 2 N–H and O–H groups in total. The van der Waals surface area contributed by atoms with E-state index in [4.69, 9.17) is 11.6 Å². The Morgan fingerprint density at radius 2 is 2.26 bits per heavy atom. The molecule has 0 saturated carbocycles. The molecule has 0 fully saturated rings. The van der Waals surface area contributed by atoms with Crippen LogP contribution in [0.3, 0.4) is 0 Å². The third-order valence-electron chi connectivity index (χ3n) is 4.33. The maximum Gasteiger partial charge on any atom is 0.220 e. The van der Waals surface area contributed by atoms with Crippen LogP contribution in [0.25, 0.3) is 6.08 Å². The summed E-state index contributed by atoms with van der Waals surface area (Å²) in [6.07, 6.45) is 6.03. The molecule has 23 heavy (non-hydrogen) atoms. The highest BCUT2D eigenvalue weighted by molar-refractivity contribution is 7.12. The number of amides is 1. The average molecular weight is 356 g/mol. The second-order valence-electron chi connectivity index (χ2n) is 6.13. The minimum atomic E-state index is 0.104. The number of allylic oxidation sites excluding steroid dienone is 1. The summed E-state index contributed by atoms with van der Waals surface area (Å²) < 4.78 is 0. The first kappa shape index (κ1) is 18.4. The summed E-state index contributed by atoms with van der Waals surface area (Å²) in [6, 6.07) is 0.184. The van der Waals surface area contributed by atoms with E-state index in [1.807, 2.05) is 13.1 Å². The normalized spacial score (nSPS) is 16.4. The van der Waals surface area contributed by atoms with Crippen molar-refractivity contribution >= 4 is 34.9 Å². The Morgan fingerprint density at radius 1 is 1.48 bits per heavy atom. The first-order valence-electron chi connectivity index (χ1n) is 8.32. The van der Waals surface area contributed by atoms with Crippen LogP contribution in [0.1, 0.15) is 48.7 Å². The predicted octanol–water partition coefficient (Wildman–Crippen LogP) is 3.35. The molecular formula is C17H26ClN3OS. The molecule has 0 saturated heterocycles. The van der Waals surface area contributed by atoms with Crippen molar-refractivity contribution in [1.29, 1.82) is 0 Å². The van der Waals surface area contributed by atoms with Gasteiger partial charge in [0.1, 0.15) is 0 Å². The van der Waals surface area contributed by atoms with E-state index in [1.54, 1.807) is 11.3 Å². The smallest absolute Gasteiger partial charge is 0.220 e. The number of halogens is 1. The van der Waals surface area contributed by atoms with Crippen molar-refractivity contribution in [2.75, 3.05) is 13.6 Å².